The van der Waals surface area contributed by atoms with Gasteiger partial charge >= 0.3 is 0 Å². The highest BCUT2D eigenvalue weighted by Crippen LogP contribution is 2.56. The Bertz CT molecular complexity index is 2900. The lowest BCUT2D eigenvalue weighted by Crippen LogP contribution is -2.27. The first-order valence-electron chi connectivity index (χ1n) is 19.4. The molecule has 1 fully saturated rings. The smallest absolute Gasteiger partial charge is 0.164 e. The number of aromatic nitrogens is 3. The summed E-state index contributed by atoms with van der Waals surface area (Å²) in [6, 6.07) is 58.3. The molecule has 0 aliphatic heterocycles. The van der Waals surface area contributed by atoms with Gasteiger partial charge in [-0.25, -0.2) is 15.0 Å². The second-order valence-corrected chi connectivity index (χ2v) is 15.1. The van der Waals surface area contributed by atoms with Crippen LogP contribution in [0.15, 0.2) is 168 Å². The number of hydrogen-bond acceptors (Lipinski definition) is 4. The molecular weight excluding hydrogens is 671 g/mol. The summed E-state index contributed by atoms with van der Waals surface area (Å²) in [5.74, 6) is 1.90. The molecule has 0 amide bonds. The largest absolute Gasteiger partial charge is 0.456 e. The maximum absolute atomic E-state index is 6.11. The zero-order valence-corrected chi connectivity index (χ0v) is 30.4. The van der Waals surface area contributed by atoms with Gasteiger partial charge in [0.1, 0.15) is 11.2 Å². The van der Waals surface area contributed by atoms with E-state index in [9.17, 15) is 0 Å². The van der Waals surface area contributed by atoms with Gasteiger partial charge in [-0.1, -0.05) is 147 Å². The molecule has 55 heavy (non-hydrogen) atoms. The molecule has 2 aliphatic carbocycles. The second kappa shape index (κ2) is 12.7. The van der Waals surface area contributed by atoms with Crippen molar-refractivity contribution >= 4 is 21.9 Å². The fourth-order valence-electron chi connectivity index (χ4n) is 9.24. The predicted molar refractivity (Wildman–Crippen MR) is 224 cm³/mol. The van der Waals surface area contributed by atoms with Gasteiger partial charge in [0.15, 0.2) is 17.5 Å². The van der Waals surface area contributed by atoms with Crippen LogP contribution in [-0.2, 0) is 5.41 Å². The third-order valence-electron chi connectivity index (χ3n) is 11.9. The van der Waals surface area contributed by atoms with Gasteiger partial charge in [0.05, 0.1) is 0 Å². The molecule has 0 radical (unpaired) electrons. The molecule has 0 bridgehead atoms. The number of para-hydroxylation sites is 1. The average molecular weight is 708 g/mol. The summed E-state index contributed by atoms with van der Waals surface area (Å²) in [5, 5.41) is 2.12. The number of fused-ring (bicyclic) bond motifs is 8. The summed E-state index contributed by atoms with van der Waals surface area (Å²) >= 11 is 0. The molecule has 2 aliphatic rings. The van der Waals surface area contributed by atoms with Crippen LogP contribution in [-0.4, -0.2) is 15.0 Å². The maximum Gasteiger partial charge on any atom is 0.164 e. The van der Waals surface area contributed by atoms with Crippen LogP contribution < -0.4 is 0 Å². The minimum atomic E-state index is 0.176. The predicted octanol–water partition coefficient (Wildman–Crippen LogP) is 13.3. The van der Waals surface area contributed by atoms with Gasteiger partial charge in [0, 0.05) is 32.9 Å². The summed E-state index contributed by atoms with van der Waals surface area (Å²) < 4.78 is 6.11. The number of nitrogens with zero attached hydrogens (tertiary/aromatic N) is 3. The Hall–Kier alpha value is -6.65. The van der Waals surface area contributed by atoms with Gasteiger partial charge in [-0.15, -0.1) is 0 Å². The van der Waals surface area contributed by atoms with Crippen molar-refractivity contribution in [1.82, 2.24) is 15.0 Å². The van der Waals surface area contributed by atoms with Crippen LogP contribution in [0.3, 0.4) is 0 Å². The van der Waals surface area contributed by atoms with Gasteiger partial charge in [-0.2, -0.15) is 0 Å². The van der Waals surface area contributed by atoms with Gasteiger partial charge in [-0.3, -0.25) is 0 Å². The maximum atomic E-state index is 6.11. The topological polar surface area (TPSA) is 51.8 Å². The highest BCUT2D eigenvalue weighted by molar-refractivity contribution is 6.06. The van der Waals surface area contributed by atoms with E-state index in [2.05, 4.69) is 103 Å². The van der Waals surface area contributed by atoms with Crippen LogP contribution in [0, 0.1) is 0 Å². The lowest BCUT2D eigenvalue weighted by Gasteiger charge is -2.36. The second-order valence-electron chi connectivity index (χ2n) is 15.1. The van der Waals surface area contributed by atoms with E-state index in [-0.39, 0.29) is 5.41 Å². The van der Waals surface area contributed by atoms with Crippen molar-refractivity contribution in [2.75, 3.05) is 0 Å². The molecule has 0 N–H and O–H groups in total. The SMILES string of the molecule is c1ccc(-c2nc(-c3ccc(-c4cccc(-c5ccc6c(c5)-c5ccccc5C65CCCCC5)c4)cc3)nc(-c3ccc4oc5ccccc5c4c3)n2)cc1. The van der Waals surface area contributed by atoms with Crippen molar-refractivity contribution in [3.05, 3.63) is 175 Å². The van der Waals surface area contributed by atoms with E-state index in [0.717, 1.165) is 44.2 Å². The van der Waals surface area contributed by atoms with E-state index in [1.807, 2.05) is 60.7 Å². The Morgan fingerprint density at radius 3 is 1.75 bits per heavy atom. The molecule has 0 saturated heterocycles. The summed E-state index contributed by atoms with van der Waals surface area (Å²) in [5.41, 5.74) is 15.4. The fraction of sp³-hybridized carbons (Fsp3) is 0.118. The first-order valence-corrected chi connectivity index (χ1v) is 19.4. The standard InChI is InChI=1S/C51H37N3O/c1-3-12-34(13-4-1)48-52-49(54-50(53-48)39-25-27-47-43(32-39)41-17-6-8-19-46(41)55-47)35-22-20-33(21-23-35)36-14-11-15-37(30-36)38-24-26-45-42(31-38)40-16-5-7-18-44(40)51(45)28-9-2-10-29-51/h1,3-8,11-27,30-32H,2,9-10,28-29H2. The van der Waals surface area contributed by atoms with Crippen LogP contribution >= 0.6 is 0 Å². The van der Waals surface area contributed by atoms with Crippen molar-refractivity contribution in [2.24, 2.45) is 0 Å². The van der Waals surface area contributed by atoms with Crippen LogP contribution in [0.2, 0.25) is 0 Å². The molecule has 7 aromatic carbocycles. The first kappa shape index (κ1) is 31.8. The van der Waals surface area contributed by atoms with Gasteiger partial charge in [-0.05, 0) is 93.7 Å². The van der Waals surface area contributed by atoms with Crippen molar-refractivity contribution < 1.29 is 4.42 Å². The summed E-state index contributed by atoms with van der Waals surface area (Å²) in [6.07, 6.45) is 6.45. The Morgan fingerprint density at radius 2 is 0.927 bits per heavy atom. The Morgan fingerprint density at radius 1 is 0.364 bits per heavy atom. The lowest BCUT2D eigenvalue weighted by molar-refractivity contribution is 0.353. The minimum absolute atomic E-state index is 0.176. The van der Waals surface area contributed by atoms with Crippen molar-refractivity contribution in [3.63, 3.8) is 0 Å². The number of hydrogen-bond donors (Lipinski definition) is 0. The Balaban J connectivity index is 0.945. The molecule has 1 saturated carbocycles. The molecule has 2 aromatic heterocycles. The van der Waals surface area contributed by atoms with Gasteiger partial charge < -0.3 is 4.42 Å². The average Bonchev–Trinajstić information content (AvgIpc) is 3.76. The van der Waals surface area contributed by atoms with Gasteiger partial charge in [0.25, 0.3) is 0 Å². The zero-order valence-electron chi connectivity index (χ0n) is 30.4. The van der Waals surface area contributed by atoms with E-state index >= 15 is 0 Å². The van der Waals surface area contributed by atoms with Crippen molar-refractivity contribution in [2.45, 2.75) is 37.5 Å². The monoisotopic (exact) mass is 707 g/mol. The quantitative estimate of drug-likeness (QED) is 0.179. The van der Waals surface area contributed by atoms with E-state index in [4.69, 9.17) is 19.4 Å². The van der Waals surface area contributed by atoms with E-state index in [0.29, 0.717) is 17.5 Å². The van der Waals surface area contributed by atoms with Crippen LogP contribution in [0.1, 0.15) is 43.2 Å². The lowest BCUT2D eigenvalue weighted by atomic mass is 9.68. The molecule has 9 aromatic rings. The molecule has 0 unspecified atom stereocenters. The highest BCUT2D eigenvalue weighted by Gasteiger charge is 2.43. The van der Waals surface area contributed by atoms with Crippen LogP contribution in [0.5, 0.6) is 0 Å². The number of benzene rings is 7. The van der Waals surface area contributed by atoms with E-state index in [1.165, 1.54) is 71.0 Å². The van der Waals surface area contributed by atoms with E-state index in [1.54, 1.807) is 0 Å². The molecule has 4 nitrogen and oxygen atoms in total. The Kier molecular flexibility index (Phi) is 7.38. The minimum Gasteiger partial charge on any atom is -0.456 e. The summed E-state index contributed by atoms with van der Waals surface area (Å²) in [4.78, 5) is 15.0. The van der Waals surface area contributed by atoms with Crippen LogP contribution in [0.25, 0.3) is 89.5 Å². The molecule has 2 heterocycles. The number of rotatable bonds is 5. The molecule has 262 valence electrons. The van der Waals surface area contributed by atoms with Gasteiger partial charge in [0.2, 0.25) is 0 Å². The Labute approximate surface area is 320 Å². The molecule has 0 atom stereocenters. The van der Waals surface area contributed by atoms with Crippen LogP contribution in [0.4, 0.5) is 0 Å². The number of furan rings is 1. The first-order chi connectivity index (χ1) is 27.2. The fourth-order valence-corrected chi connectivity index (χ4v) is 9.24. The van der Waals surface area contributed by atoms with Crippen molar-refractivity contribution in [3.8, 4) is 67.5 Å². The van der Waals surface area contributed by atoms with Crippen molar-refractivity contribution in [1.29, 1.82) is 0 Å². The molecular formula is C51H37N3O. The molecule has 11 rings (SSSR count). The summed E-state index contributed by atoms with van der Waals surface area (Å²) in [6.45, 7) is 0. The van der Waals surface area contributed by atoms with E-state index < -0.39 is 0 Å². The highest BCUT2D eigenvalue weighted by atomic mass is 16.3. The third kappa shape index (κ3) is 5.32. The molecule has 1 spiro atoms. The molecule has 4 heteroatoms. The normalized spacial score (nSPS) is 14.3. The zero-order chi connectivity index (χ0) is 36.3. The summed E-state index contributed by atoms with van der Waals surface area (Å²) in [7, 11) is 0. The third-order valence-corrected chi connectivity index (χ3v) is 11.9.